The summed E-state index contributed by atoms with van der Waals surface area (Å²) in [5.74, 6) is 0.332. The van der Waals surface area contributed by atoms with Crippen LogP contribution in [-0.4, -0.2) is 60.5 Å². The maximum atomic E-state index is 12.5. The van der Waals surface area contributed by atoms with Gasteiger partial charge in [0.1, 0.15) is 0 Å². The highest BCUT2D eigenvalue weighted by atomic mass is 16.2. The van der Waals surface area contributed by atoms with E-state index in [0.717, 1.165) is 39.0 Å². The van der Waals surface area contributed by atoms with Crippen LogP contribution in [0.3, 0.4) is 0 Å². The minimum absolute atomic E-state index is 0.332. The van der Waals surface area contributed by atoms with E-state index in [1.54, 1.807) is 0 Å². The molecule has 0 spiro atoms. The number of carbonyl (C=O) groups excluding carboxylic acids is 1. The molecular weight excluding hydrogens is 250 g/mol. The van der Waals surface area contributed by atoms with Gasteiger partial charge >= 0.3 is 0 Å². The molecule has 1 aliphatic heterocycles. The van der Waals surface area contributed by atoms with Gasteiger partial charge in [-0.15, -0.1) is 0 Å². The highest BCUT2D eigenvalue weighted by Gasteiger charge is 2.33. The van der Waals surface area contributed by atoms with Crippen molar-refractivity contribution in [2.24, 2.45) is 0 Å². The normalized spacial score (nSPS) is 22.4. The van der Waals surface area contributed by atoms with Crippen LogP contribution in [0, 0.1) is 0 Å². The second-order valence-electron chi connectivity index (χ2n) is 6.33. The zero-order valence-electron chi connectivity index (χ0n) is 13.2. The predicted octanol–water partition coefficient (Wildman–Crippen LogP) is 1.85. The van der Waals surface area contributed by atoms with E-state index in [0.29, 0.717) is 24.5 Å². The minimum atomic E-state index is 0.332. The quantitative estimate of drug-likeness (QED) is 0.700. The molecule has 1 amide bonds. The fraction of sp³-hybridized carbons (Fsp3) is 0.938. The minimum Gasteiger partial charge on any atom is -0.342 e. The Labute approximate surface area is 123 Å². The van der Waals surface area contributed by atoms with Gasteiger partial charge in [0.05, 0.1) is 6.54 Å². The average Bonchev–Trinajstić information content (AvgIpc) is 3.16. The van der Waals surface area contributed by atoms with Crippen molar-refractivity contribution in [1.29, 1.82) is 0 Å². The molecule has 2 aliphatic rings. The third-order valence-electron chi connectivity index (χ3n) is 4.36. The second kappa shape index (κ2) is 7.99. The Hall–Kier alpha value is -0.610. The van der Waals surface area contributed by atoms with Crippen LogP contribution in [0.1, 0.15) is 52.4 Å². The topological polar surface area (TPSA) is 35.6 Å². The summed E-state index contributed by atoms with van der Waals surface area (Å²) in [6.07, 6.45) is 7.22. The lowest BCUT2D eigenvalue weighted by Crippen LogP contribution is -2.46. The number of hydrogen-bond acceptors (Lipinski definition) is 3. The summed E-state index contributed by atoms with van der Waals surface area (Å²) >= 11 is 0. The van der Waals surface area contributed by atoms with E-state index in [1.165, 1.54) is 25.7 Å². The first kappa shape index (κ1) is 15.8. The molecule has 2 rings (SSSR count). The Morgan fingerprint density at radius 2 is 1.85 bits per heavy atom. The standard InChI is InChI=1S/C16H31N3O/c1-3-10-18(11-4-2)16(20)13-19(15-7-8-15)12-14-6-5-9-17-14/h14-15,17H,3-13H2,1-2H3. The molecule has 0 radical (unpaired) electrons. The van der Waals surface area contributed by atoms with Gasteiger partial charge in [-0.2, -0.15) is 0 Å². The van der Waals surface area contributed by atoms with Crippen LogP contribution in [0.5, 0.6) is 0 Å². The second-order valence-corrected chi connectivity index (χ2v) is 6.33. The molecule has 1 atom stereocenters. The SMILES string of the molecule is CCCN(CCC)C(=O)CN(CC1CCCN1)C1CC1. The summed E-state index contributed by atoms with van der Waals surface area (Å²) in [5, 5.41) is 3.56. The summed E-state index contributed by atoms with van der Waals surface area (Å²) in [5.41, 5.74) is 0. The van der Waals surface area contributed by atoms with Crippen LogP contribution in [-0.2, 0) is 4.79 Å². The molecule has 20 heavy (non-hydrogen) atoms. The van der Waals surface area contributed by atoms with Gasteiger partial charge in [0.2, 0.25) is 5.91 Å². The smallest absolute Gasteiger partial charge is 0.236 e. The number of nitrogens with zero attached hydrogens (tertiary/aromatic N) is 2. The summed E-state index contributed by atoms with van der Waals surface area (Å²) in [4.78, 5) is 17.0. The van der Waals surface area contributed by atoms with Crippen molar-refractivity contribution in [1.82, 2.24) is 15.1 Å². The van der Waals surface area contributed by atoms with Crippen LogP contribution in [0.2, 0.25) is 0 Å². The molecular formula is C16H31N3O. The molecule has 116 valence electrons. The molecule has 2 fully saturated rings. The first-order valence-electron chi connectivity index (χ1n) is 8.49. The van der Waals surface area contributed by atoms with Gasteiger partial charge in [-0.3, -0.25) is 9.69 Å². The zero-order chi connectivity index (χ0) is 14.4. The van der Waals surface area contributed by atoms with E-state index >= 15 is 0 Å². The number of hydrogen-bond donors (Lipinski definition) is 1. The van der Waals surface area contributed by atoms with Gasteiger partial charge in [0, 0.05) is 31.7 Å². The summed E-state index contributed by atoms with van der Waals surface area (Å²) in [7, 11) is 0. The van der Waals surface area contributed by atoms with Gasteiger partial charge in [-0.25, -0.2) is 0 Å². The van der Waals surface area contributed by atoms with Gasteiger partial charge in [-0.1, -0.05) is 13.8 Å². The van der Waals surface area contributed by atoms with E-state index in [2.05, 4.69) is 29.0 Å². The maximum Gasteiger partial charge on any atom is 0.236 e. The van der Waals surface area contributed by atoms with E-state index in [4.69, 9.17) is 0 Å². The van der Waals surface area contributed by atoms with E-state index < -0.39 is 0 Å². The molecule has 0 aromatic rings. The molecule has 4 nitrogen and oxygen atoms in total. The van der Waals surface area contributed by atoms with Crippen molar-refractivity contribution in [3.8, 4) is 0 Å². The third kappa shape index (κ3) is 4.74. The van der Waals surface area contributed by atoms with Crippen LogP contribution >= 0.6 is 0 Å². The molecule has 1 saturated heterocycles. The fourth-order valence-electron chi connectivity index (χ4n) is 3.15. The van der Waals surface area contributed by atoms with Crippen molar-refractivity contribution in [2.45, 2.75) is 64.5 Å². The molecule has 1 unspecified atom stereocenters. The lowest BCUT2D eigenvalue weighted by molar-refractivity contribution is -0.132. The highest BCUT2D eigenvalue weighted by molar-refractivity contribution is 5.78. The zero-order valence-corrected chi connectivity index (χ0v) is 13.2. The lowest BCUT2D eigenvalue weighted by Gasteiger charge is -2.29. The van der Waals surface area contributed by atoms with Gasteiger partial charge < -0.3 is 10.2 Å². The Kier molecular flexibility index (Phi) is 6.30. The Bertz CT molecular complexity index is 292. The van der Waals surface area contributed by atoms with Crippen molar-refractivity contribution in [3.63, 3.8) is 0 Å². The molecule has 1 aliphatic carbocycles. The molecule has 0 aromatic heterocycles. The van der Waals surface area contributed by atoms with Gasteiger partial charge in [0.25, 0.3) is 0 Å². The molecule has 0 aromatic carbocycles. The maximum absolute atomic E-state index is 12.5. The predicted molar refractivity (Wildman–Crippen MR) is 82.8 cm³/mol. The Morgan fingerprint density at radius 3 is 2.35 bits per heavy atom. The van der Waals surface area contributed by atoms with Crippen molar-refractivity contribution >= 4 is 5.91 Å². The lowest BCUT2D eigenvalue weighted by atomic mass is 10.2. The van der Waals surface area contributed by atoms with Crippen molar-refractivity contribution in [2.75, 3.05) is 32.7 Å². The van der Waals surface area contributed by atoms with Crippen molar-refractivity contribution in [3.05, 3.63) is 0 Å². The number of amides is 1. The summed E-state index contributed by atoms with van der Waals surface area (Å²) < 4.78 is 0. The van der Waals surface area contributed by atoms with Crippen LogP contribution in [0.4, 0.5) is 0 Å². The van der Waals surface area contributed by atoms with Crippen LogP contribution < -0.4 is 5.32 Å². The molecule has 4 heteroatoms. The van der Waals surface area contributed by atoms with Crippen LogP contribution in [0.25, 0.3) is 0 Å². The first-order valence-corrected chi connectivity index (χ1v) is 8.49. The van der Waals surface area contributed by atoms with Gasteiger partial charge in [-0.05, 0) is 45.1 Å². The molecule has 1 heterocycles. The number of carbonyl (C=O) groups is 1. The van der Waals surface area contributed by atoms with E-state index in [1.807, 2.05) is 0 Å². The first-order chi connectivity index (χ1) is 9.74. The monoisotopic (exact) mass is 281 g/mol. The Balaban J connectivity index is 1.83. The largest absolute Gasteiger partial charge is 0.342 e. The summed E-state index contributed by atoms with van der Waals surface area (Å²) in [6.45, 7) is 8.95. The van der Waals surface area contributed by atoms with Gasteiger partial charge in [0.15, 0.2) is 0 Å². The number of rotatable bonds is 9. The van der Waals surface area contributed by atoms with Crippen LogP contribution in [0.15, 0.2) is 0 Å². The summed E-state index contributed by atoms with van der Waals surface area (Å²) in [6, 6.07) is 1.28. The van der Waals surface area contributed by atoms with E-state index in [-0.39, 0.29) is 0 Å². The molecule has 1 N–H and O–H groups in total. The highest BCUT2D eigenvalue weighted by Crippen LogP contribution is 2.27. The fourth-order valence-corrected chi connectivity index (χ4v) is 3.15. The van der Waals surface area contributed by atoms with Crippen molar-refractivity contribution < 1.29 is 4.79 Å². The number of nitrogens with one attached hydrogen (secondary N) is 1. The molecule has 0 bridgehead atoms. The third-order valence-corrected chi connectivity index (χ3v) is 4.36. The van der Waals surface area contributed by atoms with E-state index in [9.17, 15) is 4.79 Å². The molecule has 1 saturated carbocycles. The Morgan fingerprint density at radius 1 is 1.15 bits per heavy atom. The average molecular weight is 281 g/mol.